The van der Waals surface area contributed by atoms with Gasteiger partial charge >= 0.3 is 6.18 Å². The summed E-state index contributed by atoms with van der Waals surface area (Å²) in [5, 5.41) is 4.58. The first kappa shape index (κ1) is 19.2. The Balaban J connectivity index is 1.66. The minimum atomic E-state index is -4.53. The number of aromatic nitrogens is 3. The Kier molecular flexibility index (Phi) is 4.83. The van der Waals surface area contributed by atoms with E-state index < -0.39 is 11.7 Å². The van der Waals surface area contributed by atoms with Crippen LogP contribution in [-0.2, 0) is 10.9 Å². The molecule has 1 unspecified atom stereocenters. The lowest BCUT2D eigenvalue weighted by atomic mass is 10.0. The second-order valence-corrected chi connectivity index (χ2v) is 7.82. The normalized spacial score (nSPS) is 21.4. The number of nitrogens with two attached hydrogens (primary N) is 1. The molecule has 0 bridgehead atoms. The Morgan fingerprint density at radius 2 is 1.96 bits per heavy atom. The monoisotopic (exact) mass is 395 g/mol. The van der Waals surface area contributed by atoms with Crippen molar-refractivity contribution in [2.45, 2.75) is 44.4 Å². The minimum absolute atomic E-state index is 0.0979. The smallest absolute Gasteiger partial charge is 0.397 e. The fourth-order valence-corrected chi connectivity index (χ4v) is 3.90. The number of anilines is 1. The molecule has 4 heterocycles. The van der Waals surface area contributed by atoms with Crippen molar-refractivity contribution in [2.24, 2.45) is 0 Å². The highest BCUT2D eigenvalue weighted by molar-refractivity contribution is 5.61. The molecule has 152 valence electrons. The third-order valence-corrected chi connectivity index (χ3v) is 5.53. The van der Waals surface area contributed by atoms with Gasteiger partial charge in [0.1, 0.15) is 5.69 Å². The highest BCUT2D eigenvalue weighted by Crippen LogP contribution is 2.37. The fraction of sp³-hybridized carbons (Fsp3) is 0.579. The van der Waals surface area contributed by atoms with Crippen LogP contribution >= 0.6 is 0 Å². The van der Waals surface area contributed by atoms with Crippen molar-refractivity contribution >= 4 is 5.69 Å². The van der Waals surface area contributed by atoms with Gasteiger partial charge in [0.15, 0.2) is 0 Å². The van der Waals surface area contributed by atoms with Crippen LogP contribution in [0.3, 0.4) is 0 Å². The van der Waals surface area contributed by atoms with Crippen molar-refractivity contribution in [3.05, 3.63) is 29.6 Å². The summed E-state index contributed by atoms with van der Waals surface area (Å²) in [6.45, 7) is 7.49. The molecular formula is C19H24F3N5O. The molecule has 28 heavy (non-hydrogen) atoms. The molecule has 0 aliphatic carbocycles. The van der Waals surface area contributed by atoms with Gasteiger partial charge in [-0.3, -0.25) is 14.6 Å². The zero-order chi connectivity index (χ0) is 20.1. The number of rotatable bonds is 4. The molecule has 0 radical (unpaired) electrons. The summed E-state index contributed by atoms with van der Waals surface area (Å²) in [6, 6.07) is 3.44. The van der Waals surface area contributed by atoms with Gasteiger partial charge in [-0.05, 0) is 38.9 Å². The predicted molar refractivity (Wildman–Crippen MR) is 98.8 cm³/mol. The molecule has 2 aromatic rings. The van der Waals surface area contributed by atoms with Gasteiger partial charge in [0.25, 0.3) is 0 Å². The number of ether oxygens (including phenoxy) is 1. The average Bonchev–Trinajstić information content (AvgIpc) is 3.19. The Morgan fingerprint density at radius 1 is 1.21 bits per heavy atom. The van der Waals surface area contributed by atoms with Crippen molar-refractivity contribution < 1.29 is 17.9 Å². The van der Waals surface area contributed by atoms with Crippen LogP contribution in [0.5, 0.6) is 0 Å². The van der Waals surface area contributed by atoms with Gasteiger partial charge in [0.2, 0.25) is 0 Å². The number of likely N-dealkylation sites (tertiary alicyclic amines) is 1. The lowest BCUT2D eigenvalue weighted by Crippen LogP contribution is -2.47. The van der Waals surface area contributed by atoms with Crippen LogP contribution in [0.4, 0.5) is 18.9 Å². The van der Waals surface area contributed by atoms with Crippen molar-refractivity contribution in [3.63, 3.8) is 0 Å². The molecule has 1 atom stereocenters. The summed E-state index contributed by atoms with van der Waals surface area (Å²) < 4.78 is 46.8. The molecule has 2 N–H and O–H groups in total. The van der Waals surface area contributed by atoms with Crippen LogP contribution in [0.25, 0.3) is 11.4 Å². The van der Waals surface area contributed by atoms with Crippen LogP contribution < -0.4 is 5.73 Å². The minimum Gasteiger partial charge on any atom is -0.397 e. The van der Waals surface area contributed by atoms with Crippen molar-refractivity contribution in [1.29, 1.82) is 0 Å². The topological polar surface area (TPSA) is 69.2 Å². The van der Waals surface area contributed by atoms with Crippen LogP contribution in [0.15, 0.2) is 18.3 Å². The van der Waals surface area contributed by atoms with Gasteiger partial charge in [-0.15, -0.1) is 0 Å². The maximum atomic E-state index is 13.2. The van der Waals surface area contributed by atoms with Gasteiger partial charge in [-0.1, -0.05) is 0 Å². The summed E-state index contributed by atoms with van der Waals surface area (Å²) >= 11 is 0. The number of nitrogen functional groups attached to an aromatic ring is 1. The second kappa shape index (κ2) is 7.04. The van der Waals surface area contributed by atoms with E-state index in [1.165, 1.54) is 0 Å². The molecule has 9 heteroatoms. The number of nitrogens with zero attached hydrogens (tertiary/aromatic N) is 4. The first-order chi connectivity index (χ1) is 13.2. The third kappa shape index (κ3) is 3.48. The van der Waals surface area contributed by atoms with Crippen molar-refractivity contribution in [3.8, 4) is 11.4 Å². The van der Waals surface area contributed by atoms with Crippen LogP contribution in [0.2, 0.25) is 0 Å². The first-order valence-corrected chi connectivity index (χ1v) is 9.48. The molecule has 2 aromatic heterocycles. The summed E-state index contributed by atoms with van der Waals surface area (Å²) in [4.78, 5) is 6.53. The fourth-order valence-electron chi connectivity index (χ4n) is 3.90. The van der Waals surface area contributed by atoms with E-state index in [2.05, 4.69) is 15.0 Å². The molecule has 6 nitrogen and oxygen atoms in total. The first-order valence-electron chi connectivity index (χ1n) is 9.48. The van der Waals surface area contributed by atoms with Gasteiger partial charge in [0, 0.05) is 24.2 Å². The summed E-state index contributed by atoms with van der Waals surface area (Å²) in [7, 11) is 0. The average molecular weight is 395 g/mol. The number of hydrogen-bond acceptors (Lipinski definition) is 5. The highest BCUT2D eigenvalue weighted by Gasteiger charge is 2.36. The molecular weight excluding hydrogens is 371 g/mol. The van der Waals surface area contributed by atoms with E-state index in [-0.39, 0.29) is 17.4 Å². The molecule has 2 fully saturated rings. The van der Waals surface area contributed by atoms with Gasteiger partial charge < -0.3 is 10.5 Å². The number of pyridine rings is 1. The zero-order valence-corrected chi connectivity index (χ0v) is 15.9. The summed E-state index contributed by atoms with van der Waals surface area (Å²) in [6.07, 6.45) is -2.47. The number of alkyl halides is 3. The Hall–Kier alpha value is -2.13. The Labute approximate surface area is 161 Å². The molecule has 2 saturated heterocycles. The quantitative estimate of drug-likeness (QED) is 0.860. The molecule has 0 saturated carbocycles. The van der Waals surface area contributed by atoms with E-state index in [0.717, 1.165) is 50.7 Å². The zero-order valence-electron chi connectivity index (χ0n) is 15.9. The predicted octanol–water partition coefficient (Wildman–Crippen LogP) is 3.32. The molecule has 0 amide bonds. The lowest BCUT2D eigenvalue weighted by molar-refractivity contribution is -0.136. The second-order valence-electron chi connectivity index (χ2n) is 7.82. The van der Waals surface area contributed by atoms with Gasteiger partial charge in [-0.25, -0.2) is 0 Å². The van der Waals surface area contributed by atoms with Gasteiger partial charge in [-0.2, -0.15) is 18.3 Å². The summed E-state index contributed by atoms with van der Waals surface area (Å²) in [5.74, 6) is 0.292. The van der Waals surface area contributed by atoms with E-state index >= 15 is 0 Å². The maximum Gasteiger partial charge on any atom is 0.418 e. The SMILES string of the molecule is CC(C)n1nc(-c2cc(C(F)(F)F)c(N)cn2)cc1C1CCN(C2COC2)C1. The molecule has 0 spiro atoms. The van der Waals surface area contributed by atoms with Crippen molar-refractivity contribution in [1.82, 2.24) is 19.7 Å². The molecule has 2 aliphatic heterocycles. The largest absolute Gasteiger partial charge is 0.418 e. The summed E-state index contributed by atoms with van der Waals surface area (Å²) in [5.41, 5.74) is 5.89. The van der Waals surface area contributed by atoms with E-state index in [1.54, 1.807) is 0 Å². The molecule has 2 aliphatic rings. The molecule has 4 rings (SSSR count). The number of hydrogen-bond donors (Lipinski definition) is 1. The van der Waals surface area contributed by atoms with E-state index in [9.17, 15) is 13.2 Å². The van der Waals surface area contributed by atoms with E-state index in [1.807, 2.05) is 24.6 Å². The standard InChI is InChI=1S/C19H24F3N5O/c1-11(2)27-18(12-3-4-26(8-12)13-9-28-10-13)6-17(25-27)16-5-14(19(20,21)22)15(23)7-24-16/h5-7,11-13H,3-4,8-10,23H2,1-2H3. The molecule has 0 aromatic carbocycles. The van der Waals surface area contributed by atoms with Crippen LogP contribution in [0.1, 0.15) is 43.5 Å². The number of halogens is 3. The Morgan fingerprint density at radius 3 is 2.57 bits per heavy atom. The van der Waals surface area contributed by atoms with Crippen LogP contribution in [0, 0.1) is 0 Å². The maximum absolute atomic E-state index is 13.2. The Bertz CT molecular complexity index is 860. The van der Waals surface area contributed by atoms with Crippen molar-refractivity contribution in [2.75, 3.05) is 32.0 Å². The van der Waals surface area contributed by atoms with E-state index in [4.69, 9.17) is 10.5 Å². The third-order valence-electron chi connectivity index (χ3n) is 5.53. The highest BCUT2D eigenvalue weighted by atomic mass is 19.4. The van der Waals surface area contributed by atoms with Crippen LogP contribution in [-0.4, -0.2) is 52.0 Å². The van der Waals surface area contributed by atoms with E-state index in [0.29, 0.717) is 17.7 Å². The van der Waals surface area contributed by atoms with Gasteiger partial charge in [0.05, 0.1) is 42.4 Å². The lowest BCUT2D eigenvalue weighted by Gasteiger charge is -2.34.